The summed E-state index contributed by atoms with van der Waals surface area (Å²) in [6.07, 6.45) is 6.78. The lowest BCUT2D eigenvalue weighted by atomic mass is 9.96. The Labute approximate surface area is 411 Å². The fraction of sp³-hybridized carbons (Fsp3) is 0.585. The van der Waals surface area contributed by atoms with Crippen molar-refractivity contribution in [3.05, 3.63) is 71.0 Å². The van der Waals surface area contributed by atoms with Gasteiger partial charge >= 0.3 is 12.1 Å². The number of rotatable bonds is 10. The third kappa shape index (κ3) is 11.0. The van der Waals surface area contributed by atoms with Gasteiger partial charge in [0.2, 0.25) is 0 Å². The molecule has 2 aromatic heterocycles. The molecule has 2 aromatic carbocycles. The summed E-state index contributed by atoms with van der Waals surface area (Å²) >= 11 is 0. The Morgan fingerprint density at radius 1 is 0.580 bits per heavy atom. The summed E-state index contributed by atoms with van der Waals surface area (Å²) in [5, 5.41) is 11.2. The van der Waals surface area contributed by atoms with Gasteiger partial charge in [-0.05, 0) is 115 Å². The number of likely N-dealkylation sites (N-methyl/N-ethyl adjacent to an activating group) is 2. The van der Waals surface area contributed by atoms with Crippen LogP contribution < -0.4 is 31.1 Å². The molecule has 4 aromatic rings. The second kappa shape index (κ2) is 23.5. The second-order valence-electron chi connectivity index (χ2n) is 18.4. The molecule has 69 heavy (non-hydrogen) atoms. The number of nitrogens with one attached hydrogen (secondary N) is 4. The topological polar surface area (TPSA) is 165 Å². The summed E-state index contributed by atoms with van der Waals surface area (Å²) in [7, 11) is 0. The molecule has 4 bridgehead atoms. The quantitative estimate of drug-likeness (QED) is 0.119. The Balaban J connectivity index is 0.000000217. The number of carbonyl (C=O) groups is 2. The summed E-state index contributed by atoms with van der Waals surface area (Å²) in [4.78, 5) is 54.3. The molecule has 0 radical (unpaired) electrons. The summed E-state index contributed by atoms with van der Waals surface area (Å²) in [6.45, 7) is 20.7. The highest BCUT2D eigenvalue weighted by molar-refractivity contribution is 5.90. The van der Waals surface area contributed by atoms with Gasteiger partial charge in [-0.2, -0.15) is 0 Å². The van der Waals surface area contributed by atoms with Crippen LogP contribution in [0.1, 0.15) is 124 Å². The average Bonchev–Trinajstić information content (AvgIpc) is 3.79. The zero-order chi connectivity index (χ0) is 45.9. The maximum atomic E-state index is 11.8. The van der Waals surface area contributed by atoms with Crippen molar-refractivity contribution >= 4 is 35.1 Å². The molecular formula is C53H80N12O4. The van der Waals surface area contributed by atoms with E-state index in [-0.39, 0.29) is 46.4 Å². The average molecular weight is 949 g/mol. The molecule has 4 unspecified atom stereocenters. The van der Waals surface area contributed by atoms with Crippen LogP contribution in [-0.2, 0) is 22.3 Å². The van der Waals surface area contributed by atoms with E-state index in [2.05, 4.69) is 68.6 Å². The van der Waals surface area contributed by atoms with Crippen molar-refractivity contribution in [1.29, 1.82) is 0 Å². The first kappa shape index (κ1) is 52.9. The molecule has 10 rings (SSSR count). The van der Waals surface area contributed by atoms with Crippen LogP contribution in [0.5, 0.6) is 0 Å². The highest BCUT2D eigenvalue weighted by Crippen LogP contribution is 2.48. The number of fused-ring (bicyclic) bond motifs is 8. The first-order chi connectivity index (χ1) is 32.2. The van der Waals surface area contributed by atoms with E-state index in [0.717, 1.165) is 111 Å². The van der Waals surface area contributed by atoms with Crippen molar-refractivity contribution in [3.8, 4) is 22.8 Å². The molecule has 16 heteroatoms. The fourth-order valence-corrected chi connectivity index (χ4v) is 11.2. The van der Waals surface area contributed by atoms with Gasteiger partial charge in [-0.25, -0.2) is 29.5 Å². The SMILES string of the molecule is C.C.C.CCNC(=O)Nc1ccc(-c2nc3c(c(N4CCOC[C@@H]4C)n2)C2CCC(C3)N2CC)cc1.CCNC(=O)Nc1ccc(-c2nc3c(c(N4CCOC[C@@H]4C)n2)C2CCC(C3)N2CC)cc1. The van der Waals surface area contributed by atoms with Crippen LogP contribution in [0.15, 0.2) is 48.5 Å². The zero-order valence-electron chi connectivity index (χ0n) is 39.6. The summed E-state index contributed by atoms with van der Waals surface area (Å²) in [5.74, 6) is 3.69. The molecule has 4 saturated heterocycles. The molecule has 6 aliphatic heterocycles. The minimum Gasteiger partial charge on any atom is -0.377 e. The van der Waals surface area contributed by atoms with Crippen molar-refractivity contribution < 1.29 is 19.1 Å². The number of nitrogens with zero attached hydrogens (tertiary/aromatic N) is 8. The fourth-order valence-electron chi connectivity index (χ4n) is 11.2. The molecule has 0 saturated carbocycles. The standard InChI is InChI=1S/2C25H34N6O2.3CH4/c2*1-4-26-25(32)27-18-8-6-17(7-9-18)23-28-20-14-19-10-11-21(30(19)5-2)22(20)24(29-23)31-12-13-33-15-16(31)3;;;/h2*6-9,16,19,21H,4-5,10-15H2,1-3H3,(H2,26,27,32);3*1H4/t2*16-,19?,21?;;;/m00.../s1. The third-order valence-corrected chi connectivity index (χ3v) is 14.3. The van der Waals surface area contributed by atoms with Crippen LogP contribution in [0.25, 0.3) is 22.8 Å². The van der Waals surface area contributed by atoms with Crippen LogP contribution in [-0.4, -0.2) is 132 Å². The zero-order valence-corrected chi connectivity index (χ0v) is 39.6. The van der Waals surface area contributed by atoms with Crippen LogP contribution >= 0.6 is 0 Å². The van der Waals surface area contributed by atoms with E-state index in [1.807, 2.05) is 62.4 Å². The van der Waals surface area contributed by atoms with E-state index in [1.165, 1.54) is 48.2 Å². The minimum atomic E-state index is -0.199. The lowest BCUT2D eigenvalue weighted by molar-refractivity contribution is 0.0979. The Hall–Kier alpha value is -5.42. The van der Waals surface area contributed by atoms with Gasteiger partial charge in [0, 0.05) is 96.8 Å². The van der Waals surface area contributed by atoms with Crippen molar-refractivity contribution in [3.63, 3.8) is 0 Å². The first-order valence-electron chi connectivity index (χ1n) is 24.5. The monoisotopic (exact) mass is 949 g/mol. The van der Waals surface area contributed by atoms with Gasteiger partial charge in [-0.3, -0.25) is 9.80 Å². The smallest absolute Gasteiger partial charge is 0.319 e. The summed E-state index contributed by atoms with van der Waals surface area (Å²) in [6, 6.07) is 17.7. The number of carbonyl (C=O) groups excluding carboxylic acids is 2. The Kier molecular flexibility index (Phi) is 18.0. The van der Waals surface area contributed by atoms with Crippen LogP contribution in [0.3, 0.4) is 0 Å². The van der Waals surface area contributed by atoms with E-state index in [9.17, 15) is 9.59 Å². The predicted molar refractivity (Wildman–Crippen MR) is 279 cm³/mol. The number of hydrogen-bond donors (Lipinski definition) is 4. The highest BCUT2D eigenvalue weighted by atomic mass is 16.5. The van der Waals surface area contributed by atoms with E-state index in [1.54, 1.807) is 0 Å². The van der Waals surface area contributed by atoms with Crippen molar-refractivity contribution in [1.82, 2.24) is 40.4 Å². The van der Waals surface area contributed by atoms with Crippen LogP contribution in [0, 0.1) is 0 Å². The second-order valence-corrected chi connectivity index (χ2v) is 18.4. The third-order valence-electron chi connectivity index (χ3n) is 14.3. The van der Waals surface area contributed by atoms with Crippen molar-refractivity contribution in [2.45, 2.75) is 139 Å². The number of urea groups is 2. The van der Waals surface area contributed by atoms with E-state index in [4.69, 9.17) is 29.4 Å². The number of morpholine rings is 2. The maximum absolute atomic E-state index is 11.8. The number of hydrogen-bond acceptors (Lipinski definition) is 12. The van der Waals surface area contributed by atoms with Gasteiger partial charge in [0.25, 0.3) is 0 Å². The largest absolute Gasteiger partial charge is 0.377 e. The molecule has 4 N–H and O–H groups in total. The van der Waals surface area contributed by atoms with Crippen molar-refractivity contribution in [2.75, 3.05) is 86.1 Å². The Bertz CT molecular complexity index is 2190. The van der Waals surface area contributed by atoms with Gasteiger partial charge in [0.1, 0.15) is 11.6 Å². The van der Waals surface area contributed by atoms with Gasteiger partial charge in [0.15, 0.2) is 11.6 Å². The van der Waals surface area contributed by atoms with E-state index >= 15 is 0 Å². The Morgan fingerprint density at radius 3 is 1.32 bits per heavy atom. The number of aromatic nitrogens is 4. The molecule has 4 fully saturated rings. The molecule has 376 valence electrons. The van der Waals surface area contributed by atoms with Crippen LogP contribution in [0.4, 0.5) is 32.6 Å². The first-order valence-corrected chi connectivity index (χ1v) is 24.5. The van der Waals surface area contributed by atoms with E-state index in [0.29, 0.717) is 37.3 Å². The number of ether oxygens (including phenoxy) is 2. The van der Waals surface area contributed by atoms with Gasteiger partial charge < -0.3 is 40.5 Å². The van der Waals surface area contributed by atoms with E-state index < -0.39 is 0 Å². The van der Waals surface area contributed by atoms with Gasteiger partial charge in [-0.1, -0.05) is 36.1 Å². The lowest BCUT2D eigenvalue weighted by Crippen LogP contribution is -2.46. The molecule has 6 aliphatic rings. The maximum Gasteiger partial charge on any atom is 0.319 e. The molecule has 8 heterocycles. The lowest BCUT2D eigenvalue weighted by Gasteiger charge is -2.40. The molecular weight excluding hydrogens is 869 g/mol. The molecule has 16 nitrogen and oxygen atoms in total. The predicted octanol–water partition coefficient (Wildman–Crippen LogP) is 9.09. The van der Waals surface area contributed by atoms with Crippen molar-refractivity contribution in [2.24, 2.45) is 0 Å². The minimum absolute atomic E-state index is 0. The number of anilines is 4. The number of amides is 4. The highest BCUT2D eigenvalue weighted by Gasteiger charge is 2.44. The number of benzene rings is 2. The molecule has 6 atom stereocenters. The van der Waals surface area contributed by atoms with Gasteiger partial charge in [-0.15, -0.1) is 0 Å². The molecule has 0 spiro atoms. The molecule has 0 aliphatic carbocycles. The van der Waals surface area contributed by atoms with Gasteiger partial charge in [0.05, 0.1) is 49.9 Å². The Morgan fingerprint density at radius 2 is 0.971 bits per heavy atom. The summed E-state index contributed by atoms with van der Waals surface area (Å²) in [5.41, 5.74) is 8.50. The normalized spacial score (nSPS) is 23.4. The molecule has 4 amide bonds. The van der Waals surface area contributed by atoms with Crippen LogP contribution in [0.2, 0.25) is 0 Å². The summed E-state index contributed by atoms with van der Waals surface area (Å²) < 4.78 is 11.4.